The van der Waals surface area contributed by atoms with Crippen molar-refractivity contribution in [2.24, 2.45) is 5.73 Å². The monoisotopic (exact) mass is 515 g/mol. The summed E-state index contributed by atoms with van der Waals surface area (Å²) in [6, 6.07) is 10.5. The maximum absolute atomic E-state index is 13.9. The quantitative estimate of drug-likeness (QED) is 0.332. The highest BCUT2D eigenvalue weighted by Gasteiger charge is 2.36. The summed E-state index contributed by atoms with van der Waals surface area (Å²) in [6.07, 6.45) is 0. The van der Waals surface area contributed by atoms with Crippen LogP contribution in [0.4, 0.5) is 15.8 Å². The van der Waals surface area contributed by atoms with Gasteiger partial charge in [-0.2, -0.15) is 4.37 Å². The number of anilines is 2. The minimum absolute atomic E-state index is 0.0745. The number of rotatable bonds is 11. The van der Waals surface area contributed by atoms with Crippen LogP contribution in [0, 0.1) is 5.82 Å². The molecule has 0 radical (unpaired) electrons. The lowest BCUT2D eigenvalue weighted by Gasteiger charge is -2.31. The molecule has 5 N–H and O–H groups in total. The molecular weight excluding hydrogens is 489 g/mol. The van der Waals surface area contributed by atoms with E-state index in [2.05, 4.69) is 9.69 Å². The second-order valence-corrected chi connectivity index (χ2v) is 8.25. The van der Waals surface area contributed by atoms with E-state index in [4.69, 9.17) is 20.9 Å². The maximum atomic E-state index is 13.9. The summed E-state index contributed by atoms with van der Waals surface area (Å²) in [5, 5.41) is 2.73. The fourth-order valence-corrected chi connectivity index (χ4v) is 4.17. The van der Waals surface area contributed by atoms with Crippen molar-refractivity contribution in [3.8, 4) is 5.75 Å². The lowest BCUT2D eigenvalue weighted by atomic mass is 10.0. The number of nitrogens with two attached hydrogens (primary N) is 2. The van der Waals surface area contributed by atoms with E-state index in [9.17, 15) is 18.8 Å². The number of amides is 3. The van der Waals surface area contributed by atoms with E-state index in [1.165, 1.54) is 36.3 Å². The van der Waals surface area contributed by atoms with Crippen molar-refractivity contribution in [2.75, 3.05) is 37.5 Å². The largest absolute Gasteiger partial charge is 0.494 e. The van der Waals surface area contributed by atoms with Gasteiger partial charge in [0.2, 0.25) is 5.91 Å². The van der Waals surface area contributed by atoms with Crippen LogP contribution in [-0.4, -0.2) is 49.0 Å². The molecule has 0 saturated heterocycles. The Labute approximate surface area is 211 Å². The number of hydrogen-bond donors (Lipinski definition) is 3. The van der Waals surface area contributed by atoms with Crippen molar-refractivity contribution in [1.29, 1.82) is 0 Å². The molecule has 12 heteroatoms. The van der Waals surface area contributed by atoms with Crippen molar-refractivity contribution in [2.45, 2.75) is 13.0 Å². The van der Waals surface area contributed by atoms with Gasteiger partial charge < -0.3 is 26.3 Å². The van der Waals surface area contributed by atoms with E-state index < -0.39 is 29.6 Å². The van der Waals surface area contributed by atoms with Crippen molar-refractivity contribution in [1.82, 2.24) is 9.69 Å². The fourth-order valence-electron chi connectivity index (χ4n) is 3.43. The molecule has 0 saturated carbocycles. The number of nitrogens with zero attached hydrogens (tertiary/aromatic N) is 2. The number of primary amides is 1. The number of benzene rings is 2. The first-order valence-corrected chi connectivity index (χ1v) is 11.7. The van der Waals surface area contributed by atoms with Gasteiger partial charge in [-0.15, -0.1) is 0 Å². The minimum Gasteiger partial charge on any atom is -0.494 e. The van der Waals surface area contributed by atoms with Gasteiger partial charge in [-0.25, -0.2) is 4.39 Å². The normalized spacial score (nSPS) is 11.5. The van der Waals surface area contributed by atoms with Gasteiger partial charge in [-0.1, -0.05) is 12.1 Å². The molecule has 1 aromatic heterocycles. The Balaban J connectivity index is 2.16. The number of hydrogen-bond acceptors (Lipinski definition) is 8. The van der Waals surface area contributed by atoms with Crippen molar-refractivity contribution >= 4 is 40.6 Å². The van der Waals surface area contributed by atoms with Crippen molar-refractivity contribution in [3.63, 3.8) is 0 Å². The highest BCUT2D eigenvalue weighted by atomic mass is 32.1. The SMILES string of the molecule is CCOc1ccc(N(C(=O)c2snc(C(N)=O)c2N)[C@@H](C(=O)NCCOC)c2ccc(F)cc2)cc1. The topological polar surface area (TPSA) is 150 Å². The first-order valence-electron chi connectivity index (χ1n) is 10.9. The molecule has 3 amide bonds. The minimum atomic E-state index is -1.23. The van der Waals surface area contributed by atoms with Crippen molar-refractivity contribution in [3.05, 3.63) is 70.5 Å². The Hall–Kier alpha value is -4.03. The average molecular weight is 516 g/mol. The number of ether oxygens (including phenoxy) is 2. The number of carbonyl (C=O) groups excluding carboxylic acids is 3. The first-order chi connectivity index (χ1) is 17.3. The second-order valence-electron chi connectivity index (χ2n) is 7.48. The molecule has 3 aromatic rings. The van der Waals surface area contributed by atoms with E-state index in [1.807, 2.05) is 6.92 Å². The summed E-state index contributed by atoms with van der Waals surface area (Å²) in [5.74, 6) is -2.07. The van der Waals surface area contributed by atoms with Crippen LogP contribution in [0.2, 0.25) is 0 Å². The number of nitrogens with one attached hydrogen (secondary N) is 1. The van der Waals surface area contributed by atoms with Gasteiger partial charge in [0, 0.05) is 19.3 Å². The summed E-state index contributed by atoms with van der Waals surface area (Å²) in [7, 11) is 1.49. The Kier molecular flexibility index (Phi) is 8.92. The van der Waals surface area contributed by atoms with Crippen LogP contribution in [0.25, 0.3) is 0 Å². The summed E-state index contributed by atoms with van der Waals surface area (Å²) in [4.78, 5) is 40.1. The number of nitrogen functional groups attached to an aromatic ring is 1. The Morgan fingerprint density at radius 3 is 2.36 bits per heavy atom. The summed E-state index contributed by atoms with van der Waals surface area (Å²) in [6.45, 7) is 2.69. The zero-order chi connectivity index (χ0) is 26.2. The smallest absolute Gasteiger partial charge is 0.273 e. The number of aromatic nitrogens is 1. The average Bonchev–Trinajstić information content (AvgIpc) is 3.25. The fraction of sp³-hybridized carbons (Fsp3) is 0.250. The van der Waals surface area contributed by atoms with Crippen LogP contribution >= 0.6 is 11.5 Å². The van der Waals surface area contributed by atoms with Gasteiger partial charge in [-0.05, 0) is 60.4 Å². The molecule has 1 atom stereocenters. The third kappa shape index (κ3) is 5.96. The molecule has 0 unspecified atom stereocenters. The van der Waals surface area contributed by atoms with Gasteiger partial charge in [0.1, 0.15) is 22.5 Å². The van der Waals surface area contributed by atoms with Gasteiger partial charge in [-0.3, -0.25) is 19.3 Å². The van der Waals surface area contributed by atoms with Gasteiger partial charge in [0.05, 0.1) is 18.9 Å². The number of halogens is 1. The zero-order valence-corrected chi connectivity index (χ0v) is 20.5. The van der Waals surface area contributed by atoms with Crippen LogP contribution in [0.5, 0.6) is 5.75 Å². The highest BCUT2D eigenvalue weighted by Crippen LogP contribution is 2.34. The molecule has 1 heterocycles. The van der Waals surface area contributed by atoms with Crippen LogP contribution in [0.3, 0.4) is 0 Å². The number of carbonyl (C=O) groups is 3. The third-order valence-corrected chi connectivity index (χ3v) is 5.95. The maximum Gasteiger partial charge on any atom is 0.273 e. The van der Waals surface area contributed by atoms with Crippen LogP contribution in [-0.2, 0) is 9.53 Å². The molecule has 0 bridgehead atoms. The summed E-state index contributed by atoms with van der Waals surface area (Å²) < 4.78 is 28.1. The van der Waals surface area contributed by atoms with Gasteiger partial charge >= 0.3 is 0 Å². The Morgan fingerprint density at radius 2 is 1.81 bits per heavy atom. The molecule has 0 fully saturated rings. The zero-order valence-electron chi connectivity index (χ0n) is 19.7. The molecule has 190 valence electrons. The van der Waals surface area contributed by atoms with E-state index in [0.717, 1.165) is 0 Å². The summed E-state index contributed by atoms with van der Waals surface area (Å²) in [5.41, 5.74) is 11.6. The lowest BCUT2D eigenvalue weighted by molar-refractivity contribution is -0.122. The second kappa shape index (κ2) is 12.1. The van der Waals surface area contributed by atoms with Gasteiger partial charge in [0.25, 0.3) is 11.8 Å². The molecule has 3 rings (SSSR count). The third-order valence-electron chi connectivity index (χ3n) is 5.10. The lowest BCUT2D eigenvalue weighted by Crippen LogP contribution is -2.44. The van der Waals surface area contributed by atoms with Crippen molar-refractivity contribution < 1.29 is 28.2 Å². The van der Waals surface area contributed by atoms with Crippen LogP contribution < -0.4 is 26.4 Å². The van der Waals surface area contributed by atoms with Crippen LogP contribution in [0.15, 0.2) is 48.5 Å². The summed E-state index contributed by atoms with van der Waals surface area (Å²) >= 11 is 0.692. The molecule has 0 aliphatic carbocycles. The molecule has 2 aromatic carbocycles. The van der Waals surface area contributed by atoms with E-state index >= 15 is 0 Å². The molecule has 0 aliphatic heterocycles. The van der Waals surface area contributed by atoms with E-state index in [0.29, 0.717) is 35.1 Å². The standard InChI is InChI=1S/C24H26FN5O5S/c1-3-35-17-10-8-16(9-11-17)30(24(33)21-18(26)19(22(27)31)29-36-21)20(23(32)28-12-13-34-2)14-4-6-15(25)7-5-14/h4-11,20H,3,12-13,26H2,1-2H3,(H2,27,31)(H,28,32)/t20-/m1/s1. The van der Waals surface area contributed by atoms with E-state index in [-0.39, 0.29) is 29.4 Å². The van der Waals surface area contributed by atoms with E-state index in [1.54, 1.807) is 24.3 Å². The molecule has 0 aliphatic rings. The van der Waals surface area contributed by atoms with Crippen LogP contribution in [0.1, 0.15) is 38.7 Å². The molecular formula is C24H26FN5O5S. The highest BCUT2D eigenvalue weighted by molar-refractivity contribution is 7.09. The molecule has 36 heavy (non-hydrogen) atoms. The Morgan fingerprint density at radius 1 is 1.14 bits per heavy atom. The molecule has 10 nitrogen and oxygen atoms in total. The first kappa shape index (κ1) is 26.6. The predicted molar refractivity (Wildman–Crippen MR) is 133 cm³/mol. The predicted octanol–water partition coefficient (Wildman–Crippen LogP) is 2.51. The Bertz CT molecular complexity index is 1220. The van der Waals surface area contributed by atoms with Gasteiger partial charge in [0.15, 0.2) is 5.69 Å². The molecule has 0 spiro atoms. The number of methoxy groups -OCH3 is 1.